The summed E-state index contributed by atoms with van der Waals surface area (Å²) in [6.45, 7) is 3.85. The first-order valence-electron chi connectivity index (χ1n) is 8.19. The summed E-state index contributed by atoms with van der Waals surface area (Å²) in [4.78, 5) is 11.7. The molecule has 1 aliphatic heterocycles. The van der Waals surface area contributed by atoms with E-state index in [4.69, 9.17) is 14.2 Å². The maximum absolute atomic E-state index is 12.0. The Morgan fingerprint density at radius 3 is 2.56 bits per heavy atom. The predicted octanol–water partition coefficient (Wildman–Crippen LogP) is 2.71. The van der Waals surface area contributed by atoms with Gasteiger partial charge >= 0.3 is 0 Å². The second-order valence-electron chi connectivity index (χ2n) is 7.06. The number of methoxy groups -OCH3 is 2. The van der Waals surface area contributed by atoms with Gasteiger partial charge in [0.2, 0.25) is 6.04 Å². The predicted molar refractivity (Wildman–Crippen MR) is 90.3 cm³/mol. The van der Waals surface area contributed by atoms with Crippen LogP contribution in [0.2, 0.25) is 0 Å². The Labute approximate surface area is 146 Å². The molecule has 1 heterocycles. The fourth-order valence-corrected chi connectivity index (χ4v) is 4.15. The molecule has 0 saturated heterocycles. The Morgan fingerprint density at radius 1 is 1.28 bits per heavy atom. The Bertz CT molecular complexity index is 697. The molecule has 0 bridgehead atoms. The molecule has 4 atom stereocenters. The summed E-state index contributed by atoms with van der Waals surface area (Å²) in [5.74, 6) is -0.581. The van der Waals surface area contributed by atoms with Gasteiger partial charge in [-0.1, -0.05) is 12.2 Å². The third-order valence-electron chi connectivity index (χ3n) is 5.24. The molecule has 1 aromatic rings. The maximum atomic E-state index is 12.0. The van der Waals surface area contributed by atoms with E-state index in [1.54, 1.807) is 18.2 Å². The molecular weight excluding hydrogens is 326 g/mol. The summed E-state index contributed by atoms with van der Waals surface area (Å²) in [5.41, 5.74) is 0.0336. The first kappa shape index (κ1) is 17.7. The van der Waals surface area contributed by atoms with Crippen LogP contribution in [0.15, 0.2) is 30.4 Å². The third kappa shape index (κ3) is 2.87. The molecule has 7 nitrogen and oxygen atoms in total. The van der Waals surface area contributed by atoms with Gasteiger partial charge in [-0.25, -0.2) is 0 Å². The van der Waals surface area contributed by atoms with Crippen molar-refractivity contribution in [2.75, 3.05) is 14.2 Å². The first-order chi connectivity index (χ1) is 11.8. The fourth-order valence-electron chi connectivity index (χ4n) is 4.15. The largest absolute Gasteiger partial charge is 0.508 e. The van der Waals surface area contributed by atoms with E-state index in [0.717, 1.165) is 0 Å². The van der Waals surface area contributed by atoms with Gasteiger partial charge in [0.05, 0.1) is 11.8 Å². The van der Waals surface area contributed by atoms with E-state index in [-0.39, 0.29) is 16.6 Å². The molecule has 136 valence electrons. The highest BCUT2D eigenvalue weighted by Crippen LogP contribution is 2.52. The molecule has 0 aromatic heterocycles. The molecule has 0 amide bonds. The van der Waals surface area contributed by atoms with E-state index in [1.165, 1.54) is 20.3 Å². The monoisotopic (exact) mass is 349 g/mol. The number of aromatic hydroxyl groups is 1. The summed E-state index contributed by atoms with van der Waals surface area (Å²) in [6, 6.07) is 3.80. The van der Waals surface area contributed by atoms with Gasteiger partial charge in [-0.2, -0.15) is 0 Å². The quantitative estimate of drug-likeness (QED) is 0.389. The van der Waals surface area contributed by atoms with Crippen molar-refractivity contribution in [2.24, 2.45) is 11.8 Å². The van der Waals surface area contributed by atoms with Gasteiger partial charge in [-0.15, -0.1) is 0 Å². The van der Waals surface area contributed by atoms with E-state index in [9.17, 15) is 15.2 Å². The zero-order chi connectivity index (χ0) is 18.4. The van der Waals surface area contributed by atoms with Crippen LogP contribution in [-0.2, 0) is 9.47 Å². The molecule has 1 aliphatic carbocycles. The number of phenolic OH excluding ortho intramolecular Hbond substituents is 1. The van der Waals surface area contributed by atoms with E-state index in [0.29, 0.717) is 11.3 Å². The third-order valence-corrected chi connectivity index (χ3v) is 5.24. The lowest BCUT2D eigenvalue weighted by atomic mass is 9.64. The highest BCUT2D eigenvalue weighted by atomic mass is 16.7. The number of ether oxygens (including phenoxy) is 3. The van der Waals surface area contributed by atoms with Crippen molar-refractivity contribution in [1.82, 2.24) is 0 Å². The van der Waals surface area contributed by atoms with Crippen LogP contribution in [0.4, 0.5) is 0 Å². The van der Waals surface area contributed by atoms with Crippen LogP contribution in [0.3, 0.4) is 0 Å². The second-order valence-corrected chi connectivity index (χ2v) is 7.06. The van der Waals surface area contributed by atoms with Crippen LogP contribution in [0.1, 0.15) is 25.3 Å². The van der Waals surface area contributed by atoms with Crippen LogP contribution in [0.5, 0.6) is 11.5 Å². The summed E-state index contributed by atoms with van der Waals surface area (Å²) in [7, 11) is 2.94. The van der Waals surface area contributed by atoms with Crippen LogP contribution < -0.4 is 4.74 Å². The van der Waals surface area contributed by atoms with Crippen LogP contribution in [-0.4, -0.2) is 42.2 Å². The minimum absolute atomic E-state index is 0.0593. The molecule has 0 unspecified atom stereocenters. The van der Waals surface area contributed by atoms with E-state index >= 15 is 0 Å². The topological polar surface area (TPSA) is 91.1 Å². The van der Waals surface area contributed by atoms with Crippen molar-refractivity contribution < 1.29 is 24.2 Å². The average Bonchev–Trinajstić information content (AvgIpc) is 2.56. The van der Waals surface area contributed by atoms with Crippen molar-refractivity contribution in [3.63, 3.8) is 0 Å². The number of nitro groups is 1. The molecule has 1 N–H and O–H groups in total. The van der Waals surface area contributed by atoms with E-state index in [2.05, 4.69) is 0 Å². The minimum atomic E-state index is -0.955. The summed E-state index contributed by atoms with van der Waals surface area (Å²) in [5, 5.41) is 21.9. The SMILES string of the molecule is COC(OC)[C@@H]1C=C[C@H]2[C@@H](c3cc(O)ccc3OC2(C)C)[C@H]1[N+](=O)[O-]. The fraction of sp³-hybridized carbons (Fsp3) is 0.556. The average molecular weight is 349 g/mol. The molecule has 0 radical (unpaired) electrons. The number of phenols is 1. The van der Waals surface area contributed by atoms with Crippen molar-refractivity contribution in [2.45, 2.75) is 37.7 Å². The number of rotatable bonds is 4. The molecule has 0 saturated carbocycles. The Balaban J connectivity index is 2.17. The molecule has 1 aromatic carbocycles. The minimum Gasteiger partial charge on any atom is -0.508 e. The zero-order valence-electron chi connectivity index (χ0n) is 14.7. The number of hydrogen-bond acceptors (Lipinski definition) is 6. The highest BCUT2D eigenvalue weighted by molar-refractivity contribution is 5.47. The van der Waals surface area contributed by atoms with Crippen molar-refractivity contribution in [3.8, 4) is 11.5 Å². The Hall–Kier alpha value is -2.12. The Kier molecular flexibility index (Phi) is 4.47. The molecular formula is C18H23NO6. The van der Waals surface area contributed by atoms with Crippen molar-refractivity contribution >= 4 is 0 Å². The van der Waals surface area contributed by atoms with Gasteiger partial charge < -0.3 is 19.3 Å². The summed E-state index contributed by atoms with van der Waals surface area (Å²) >= 11 is 0. The van der Waals surface area contributed by atoms with Crippen LogP contribution >= 0.6 is 0 Å². The molecule has 0 fully saturated rings. The molecule has 3 rings (SSSR count). The molecule has 25 heavy (non-hydrogen) atoms. The van der Waals surface area contributed by atoms with Gasteiger partial charge in [0.1, 0.15) is 17.1 Å². The van der Waals surface area contributed by atoms with Gasteiger partial charge in [0.25, 0.3) is 0 Å². The lowest BCUT2D eigenvalue weighted by Gasteiger charge is -2.47. The second kappa shape index (κ2) is 6.31. The lowest BCUT2D eigenvalue weighted by molar-refractivity contribution is -0.542. The highest BCUT2D eigenvalue weighted by Gasteiger charge is 2.55. The molecule has 2 aliphatic rings. The Morgan fingerprint density at radius 2 is 1.96 bits per heavy atom. The number of fused-ring (bicyclic) bond motifs is 3. The normalized spacial score (nSPS) is 29.6. The van der Waals surface area contributed by atoms with E-state index < -0.39 is 29.8 Å². The zero-order valence-corrected chi connectivity index (χ0v) is 14.7. The van der Waals surface area contributed by atoms with Crippen LogP contribution in [0, 0.1) is 22.0 Å². The van der Waals surface area contributed by atoms with E-state index in [1.807, 2.05) is 19.9 Å². The molecule has 7 heteroatoms. The van der Waals surface area contributed by atoms with Crippen molar-refractivity contribution in [3.05, 3.63) is 46.0 Å². The smallest absolute Gasteiger partial charge is 0.231 e. The maximum Gasteiger partial charge on any atom is 0.231 e. The van der Waals surface area contributed by atoms with Gasteiger partial charge in [0, 0.05) is 30.6 Å². The number of hydrogen-bond donors (Lipinski definition) is 1. The summed E-state index contributed by atoms with van der Waals surface area (Å²) in [6.07, 6.45) is 3.03. The number of benzene rings is 1. The van der Waals surface area contributed by atoms with Gasteiger partial charge in [-0.3, -0.25) is 10.1 Å². The standard InChI is InChI=1S/C18H23NO6/c1-18(2)13-7-6-11(17(23-3)24-4)16(19(21)22)15(13)12-9-10(20)5-8-14(12)25-18/h5-9,11,13,15-17,20H,1-4H3/t11-,13+,15-,16+/m1/s1. The molecule has 0 spiro atoms. The summed E-state index contributed by atoms with van der Waals surface area (Å²) < 4.78 is 16.7. The lowest BCUT2D eigenvalue weighted by Crippen LogP contribution is -2.54. The van der Waals surface area contributed by atoms with Crippen LogP contribution in [0.25, 0.3) is 0 Å². The van der Waals surface area contributed by atoms with Crippen molar-refractivity contribution in [1.29, 1.82) is 0 Å². The van der Waals surface area contributed by atoms with Gasteiger partial charge in [-0.05, 0) is 32.0 Å². The number of nitrogens with zero attached hydrogens (tertiary/aromatic N) is 1. The first-order valence-corrected chi connectivity index (χ1v) is 8.19. The van der Waals surface area contributed by atoms with Gasteiger partial charge in [0.15, 0.2) is 6.29 Å².